The molecule has 2 N–H and O–H groups in total. The minimum atomic E-state index is -0.592. The van der Waals surface area contributed by atoms with E-state index in [4.69, 9.17) is 14.2 Å². The van der Waals surface area contributed by atoms with Crippen LogP contribution >= 0.6 is 0 Å². The van der Waals surface area contributed by atoms with E-state index in [9.17, 15) is 14.4 Å². The second kappa shape index (κ2) is 10.6. The number of para-hydroxylation sites is 1. The van der Waals surface area contributed by atoms with Crippen LogP contribution in [0.3, 0.4) is 0 Å². The summed E-state index contributed by atoms with van der Waals surface area (Å²) < 4.78 is 15.0. The minimum absolute atomic E-state index is 0.0588. The highest BCUT2D eigenvalue weighted by Gasteiger charge is 2.12. The molecule has 8 heteroatoms. The lowest BCUT2D eigenvalue weighted by atomic mass is 10.2. The molecule has 2 aromatic rings. The lowest BCUT2D eigenvalue weighted by Gasteiger charge is -2.09. The largest absolute Gasteiger partial charge is 0.497 e. The highest BCUT2D eigenvalue weighted by Crippen LogP contribution is 2.17. The quantitative estimate of drug-likeness (QED) is 0.639. The van der Waals surface area contributed by atoms with Gasteiger partial charge in [-0.15, -0.1) is 0 Å². The van der Waals surface area contributed by atoms with Gasteiger partial charge in [0.15, 0.2) is 6.61 Å². The highest BCUT2D eigenvalue weighted by atomic mass is 16.5. The van der Waals surface area contributed by atoms with E-state index in [1.807, 2.05) is 0 Å². The molecule has 28 heavy (non-hydrogen) atoms. The zero-order valence-corrected chi connectivity index (χ0v) is 15.7. The number of anilines is 1. The number of carbonyl (C=O) groups excluding carboxylic acids is 3. The van der Waals surface area contributed by atoms with Crippen molar-refractivity contribution in [1.29, 1.82) is 0 Å². The predicted octanol–water partition coefficient (Wildman–Crippen LogP) is 2.01. The van der Waals surface area contributed by atoms with Crippen molar-refractivity contribution < 1.29 is 28.6 Å². The number of rotatable bonds is 9. The summed E-state index contributed by atoms with van der Waals surface area (Å²) in [7, 11) is 3.02. The summed E-state index contributed by atoms with van der Waals surface area (Å²) in [5, 5.41) is 5.21. The zero-order valence-electron chi connectivity index (χ0n) is 15.7. The van der Waals surface area contributed by atoms with Crippen LogP contribution in [-0.2, 0) is 14.3 Å². The number of ether oxygens (including phenoxy) is 3. The van der Waals surface area contributed by atoms with Crippen molar-refractivity contribution >= 4 is 23.5 Å². The van der Waals surface area contributed by atoms with E-state index < -0.39 is 18.5 Å². The predicted molar refractivity (Wildman–Crippen MR) is 103 cm³/mol. The first-order valence-corrected chi connectivity index (χ1v) is 8.54. The number of nitrogens with one attached hydrogen (secondary N) is 2. The van der Waals surface area contributed by atoms with Gasteiger partial charge >= 0.3 is 5.97 Å². The third-order valence-electron chi connectivity index (χ3n) is 3.70. The summed E-state index contributed by atoms with van der Waals surface area (Å²) in [5.41, 5.74) is 0.933. The molecular formula is C20H22N2O6. The Hall–Kier alpha value is -3.55. The lowest BCUT2D eigenvalue weighted by molar-refractivity contribution is -0.147. The molecule has 0 unspecified atom stereocenters. The van der Waals surface area contributed by atoms with Gasteiger partial charge < -0.3 is 24.8 Å². The normalized spacial score (nSPS) is 9.93. The number of esters is 1. The van der Waals surface area contributed by atoms with E-state index in [-0.39, 0.29) is 18.9 Å². The molecule has 148 valence electrons. The summed E-state index contributed by atoms with van der Waals surface area (Å²) in [4.78, 5) is 35.6. The molecule has 0 aliphatic rings. The summed E-state index contributed by atoms with van der Waals surface area (Å²) in [6, 6.07) is 13.5. The molecule has 0 aliphatic carbocycles. The van der Waals surface area contributed by atoms with E-state index in [1.54, 1.807) is 55.6 Å². The molecule has 0 heterocycles. The molecule has 0 spiro atoms. The number of carbonyl (C=O) groups is 3. The van der Waals surface area contributed by atoms with Crippen molar-refractivity contribution in [1.82, 2.24) is 5.32 Å². The topological polar surface area (TPSA) is 103 Å². The molecule has 0 atom stereocenters. The number of amides is 2. The Morgan fingerprint density at radius 2 is 1.64 bits per heavy atom. The van der Waals surface area contributed by atoms with Gasteiger partial charge in [0.2, 0.25) is 0 Å². The molecule has 0 fully saturated rings. The second-order valence-corrected chi connectivity index (χ2v) is 5.64. The first-order chi connectivity index (χ1) is 13.5. The third-order valence-corrected chi connectivity index (χ3v) is 3.70. The minimum Gasteiger partial charge on any atom is -0.497 e. The Kier molecular flexibility index (Phi) is 7.83. The molecule has 0 saturated carbocycles. The molecular weight excluding hydrogens is 364 g/mol. The average molecular weight is 386 g/mol. The van der Waals surface area contributed by atoms with Crippen LogP contribution in [0.2, 0.25) is 0 Å². The van der Waals surface area contributed by atoms with Crippen molar-refractivity contribution in [2.24, 2.45) is 0 Å². The number of hydrogen-bond donors (Lipinski definition) is 2. The van der Waals surface area contributed by atoms with Crippen molar-refractivity contribution in [2.45, 2.75) is 6.42 Å². The average Bonchev–Trinajstić information content (AvgIpc) is 2.72. The highest BCUT2D eigenvalue weighted by molar-refractivity contribution is 5.97. The van der Waals surface area contributed by atoms with E-state index >= 15 is 0 Å². The first-order valence-electron chi connectivity index (χ1n) is 8.54. The fourth-order valence-corrected chi connectivity index (χ4v) is 2.30. The van der Waals surface area contributed by atoms with Gasteiger partial charge in [-0.05, 0) is 36.4 Å². The first kappa shape index (κ1) is 20.8. The van der Waals surface area contributed by atoms with Gasteiger partial charge in [0.05, 0.1) is 26.2 Å². The van der Waals surface area contributed by atoms with Crippen LogP contribution in [-0.4, -0.2) is 45.2 Å². The maximum atomic E-state index is 12.1. The van der Waals surface area contributed by atoms with Crippen LogP contribution in [0.1, 0.15) is 16.8 Å². The maximum absolute atomic E-state index is 12.1. The van der Waals surface area contributed by atoms with Crippen LogP contribution in [0.25, 0.3) is 0 Å². The smallest absolute Gasteiger partial charge is 0.308 e. The summed E-state index contributed by atoms with van der Waals surface area (Å²) in [6.07, 6.45) is -0.0588. The molecule has 0 saturated heterocycles. The van der Waals surface area contributed by atoms with Crippen molar-refractivity contribution in [3.63, 3.8) is 0 Å². The Morgan fingerprint density at radius 3 is 2.32 bits per heavy atom. The van der Waals surface area contributed by atoms with Gasteiger partial charge in [-0.25, -0.2) is 0 Å². The molecule has 0 aliphatic heterocycles. The van der Waals surface area contributed by atoms with Crippen molar-refractivity contribution in [3.05, 3.63) is 54.1 Å². The summed E-state index contributed by atoms with van der Waals surface area (Å²) in [5.74, 6) is -0.304. The SMILES string of the molecule is COc1ccc(NC(=O)COC(=O)CCNC(=O)c2ccccc2OC)cc1. The Balaban J connectivity index is 1.69. The molecule has 0 aromatic heterocycles. The molecule has 8 nitrogen and oxygen atoms in total. The number of hydrogen-bond acceptors (Lipinski definition) is 6. The van der Waals surface area contributed by atoms with Crippen LogP contribution < -0.4 is 20.1 Å². The molecule has 2 amide bonds. The molecule has 0 bridgehead atoms. The van der Waals surface area contributed by atoms with E-state index in [0.29, 0.717) is 22.7 Å². The van der Waals surface area contributed by atoms with Gasteiger partial charge in [0.25, 0.3) is 11.8 Å². The van der Waals surface area contributed by atoms with Gasteiger partial charge in [-0.2, -0.15) is 0 Å². The van der Waals surface area contributed by atoms with E-state index in [0.717, 1.165) is 0 Å². The second-order valence-electron chi connectivity index (χ2n) is 5.64. The Bertz CT molecular complexity index is 820. The van der Waals surface area contributed by atoms with Crippen molar-refractivity contribution in [3.8, 4) is 11.5 Å². The molecule has 2 rings (SSSR count). The summed E-state index contributed by atoms with van der Waals surface area (Å²) >= 11 is 0. The monoisotopic (exact) mass is 386 g/mol. The summed E-state index contributed by atoms with van der Waals surface area (Å²) in [6.45, 7) is -0.332. The fraction of sp³-hybridized carbons (Fsp3) is 0.250. The van der Waals surface area contributed by atoms with E-state index in [1.165, 1.54) is 7.11 Å². The van der Waals surface area contributed by atoms with Gasteiger partial charge in [-0.3, -0.25) is 14.4 Å². The maximum Gasteiger partial charge on any atom is 0.308 e. The Labute approximate surface area is 162 Å². The molecule has 2 aromatic carbocycles. The van der Waals surface area contributed by atoms with Crippen LogP contribution in [0.15, 0.2) is 48.5 Å². The van der Waals surface area contributed by atoms with Crippen LogP contribution in [0.4, 0.5) is 5.69 Å². The number of benzene rings is 2. The number of methoxy groups -OCH3 is 2. The zero-order chi connectivity index (χ0) is 20.4. The third kappa shape index (κ3) is 6.31. The Morgan fingerprint density at radius 1 is 0.929 bits per heavy atom. The van der Waals surface area contributed by atoms with Crippen LogP contribution in [0, 0.1) is 0 Å². The lowest BCUT2D eigenvalue weighted by Crippen LogP contribution is -2.28. The fourth-order valence-electron chi connectivity index (χ4n) is 2.30. The van der Waals surface area contributed by atoms with Gasteiger partial charge in [0.1, 0.15) is 11.5 Å². The van der Waals surface area contributed by atoms with Crippen LogP contribution in [0.5, 0.6) is 11.5 Å². The standard InChI is InChI=1S/C20H22N2O6/c1-26-15-9-7-14(8-10-15)22-18(23)13-28-19(24)11-12-21-20(25)16-5-3-4-6-17(16)27-2/h3-10H,11-13H2,1-2H3,(H,21,25)(H,22,23). The van der Waals surface area contributed by atoms with Crippen molar-refractivity contribution in [2.75, 3.05) is 32.7 Å². The van der Waals surface area contributed by atoms with E-state index in [2.05, 4.69) is 10.6 Å². The molecule has 0 radical (unpaired) electrons. The van der Waals surface area contributed by atoms with Gasteiger partial charge in [0, 0.05) is 12.2 Å². The van der Waals surface area contributed by atoms with Gasteiger partial charge in [-0.1, -0.05) is 12.1 Å².